The molecule has 0 aromatic heterocycles. The normalized spacial score (nSPS) is 21.5. The van der Waals surface area contributed by atoms with Gasteiger partial charge >= 0.3 is 12.0 Å². The van der Waals surface area contributed by atoms with Gasteiger partial charge in [0.05, 0.1) is 24.9 Å². The van der Waals surface area contributed by atoms with E-state index in [0.29, 0.717) is 5.56 Å². The number of carbonyl (C=O) groups excluding carboxylic acids is 1. The number of carbonyl (C=O) groups is 2. The summed E-state index contributed by atoms with van der Waals surface area (Å²) in [5, 5.41) is 13.8. The van der Waals surface area contributed by atoms with Gasteiger partial charge in [0.2, 0.25) is 0 Å². The van der Waals surface area contributed by atoms with Crippen LogP contribution in [0.3, 0.4) is 0 Å². The van der Waals surface area contributed by atoms with E-state index >= 15 is 0 Å². The highest BCUT2D eigenvalue weighted by Crippen LogP contribution is 2.19. The van der Waals surface area contributed by atoms with Gasteiger partial charge in [-0.2, -0.15) is 0 Å². The number of ether oxygens (including phenoxy) is 1. The number of carboxylic acids is 1. The first-order chi connectivity index (χ1) is 9.49. The molecule has 1 aromatic carbocycles. The molecule has 1 fully saturated rings. The van der Waals surface area contributed by atoms with Crippen LogP contribution in [-0.2, 0) is 9.53 Å². The van der Waals surface area contributed by atoms with E-state index in [9.17, 15) is 14.0 Å². The first-order valence-corrected chi connectivity index (χ1v) is 6.12. The smallest absolute Gasteiger partial charge is 0.319 e. The third kappa shape index (κ3) is 3.05. The van der Waals surface area contributed by atoms with E-state index in [1.54, 1.807) is 19.1 Å². The van der Waals surface area contributed by atoms with Crippen molar-refractivity contribution < 1.29 is 23.8 Å². The van der Waals surface area contributed by atoms with Gasteiger partial charge in [0.25, 0.3) is 0 Å². The third-order valence-electron chi connectivity index (χ3n) is 3.17. The molecule has 0 saturated carbocycles. The van der Waals surface area contributed by atoms with Gasteiger partial charge in [0, 0.05) is 0 Å². The van der Waals surface area contributed by atoms with E-state index in [2.05, 4.69) is 10.6 Å². The molecular formula is C13H15FN2O4. The summed E-state index contributed by atoms with van der Waals surface area (Å²) in [6, 6.07) is 3.16. The van der Waals surface area contributed by atoms with Crippen molar-refractivity contribution in [1.82, 2.24) is 5.32 Å². The fraction of sp³-hybridized carbons (Fsp3) is 0.385. The van der Waals surface area contributed by atoms with Gasteiger partial charge in [-0.15, -0.1) is 0 Å². The second-order valence-electron chi connectivity index (χ2n) is 4.62. The highest BCUT2D eigenvalue weighted by Gasteiger charge is 2.35. The summed E-state index contributed by atoms with van der Waals surface area (Å²) in [4.78, 5) is 22.8. The lowest BCUT2D eigenvalue weighted by Crippen LogP contribution is -2.44. The molecule has 0 bridgehead atoms. The van der Waals surface area contributed by atoms with E-state index in [1.807, 2.05) is 0 Å². The minimum atomic E-state index is -1.03. The zero-order valence-electron chi connectivity index (χ0n) is 10.9. The van der Waals surface area contributed by atoms with Gasteiger partial charge in [0.1, 0.15) is 11.7 Å². The quantitative estimate of drug-likeness (QED) is 0.781. The SMILES string of the molecule is Cc1cccc(F)c1NC(=O)NC1COCC1C(=O)O. The van der Waals surface area contributed by atoms with Gasteiger partial charge in [-0.05, 0) is 18.6 Å². The molecular weight excluding hydrogens is 267 g/mol. The topological polar surface area (TPSA) is 87.7 Å². The summed E-state index contributed by atoms with van der Waals surface area (Å²) in [6.45, 7) is 1.84. The van der Waals surface area contributed by atoms with Crippen LogP contribution in [0.2, 0.25) is 0 Å². The molecule has 20 heavy (non-hydrogen) atoms. The van der Waals surface area contributed by atoms with E-state index in [1.165, 1.54) is 6.07 Å². The molecule has 1 aromatic rings. The number of rotatable bonds is 3. The van der Waals surface area contributed by atoms with Crippen molar-refractivity contribution in [3.05, 3.63) is 29.6 Å². The van der Waals surface area contributed by atoms with Crippen LogP contribution in [0.1, 0.15) is 5.56 Å². The molecule has 6 nitrogen and oxygen atoms in total. The number of anilines is 1. The molecule has 3 N–H and O–H groups in total. The van der Waals surface area contributed by atoms with E-state index < -0.39 is 29.8 Å². The Labute approximate surface area is 114 Å². The first-order valence-electron chi connectivity index (χ1n) is 6.12. The number of halogens is 1. The lowest BCUT2D eigenvalue weighted by Gasteiger charge is -2.17. The molecule has 1 saturated heterocycles. The van der Waals surface area contributed by atoms with Crippen molar-refractivity contribution in [2.24, 2.45) is 5.92 Å². The Morgan fingerprint density at radius 2 is 2.15 bits per heavy atom. The number of aliphatic carboxylic acids is 1. The number of hydrogen-bond donors (Lipinski definition) is 3. The Morgan fingerprint density at radius 1 is 1.40 bits per heavy atom. The summed E-state index contributed by atoms with van der Waals surface area (Å²) in [6.07, 6.45) is 0. The third-order valence-corrected chi connectivity index (χ3v) is 3.17. The standard InChI is InChI=1S/C13H15FN2O4/c1-7-3-2-4-9(14)11(7)16-13(19)15-10-6-20-5-8(10)12(17)18/h2-4,8,10H,5-6H2,1H3,(H,17,18)(H2,15,16,19). The molecule has 2 unspecified atom stereocenters. The fourth-order valence-corrected chi connectivity index (χ4v) is 2.05. The van der Waals surface area contributed by atoms with Gasteiger partial charge in [-0.1, -0.05) is 12.1 Å². The molecule has 0 radical (unpaired) electrons. The van der Waals surface area contributed by atoms with Crippen molar-refractivity contribution in [1.29, 1.82) is 0 Å². The molecule has 1 aliphatic heterocycles. The highest BCUT2D eigenvalue weighted by atomic mass is 19.1. The van der Waals surface area contributed by atoms with Crippen molar-refractivity contribution in [3.8, 4) is 0 Å². The van der Waals surface area contributed by atoms with Gasteiger partial charge in [-0.25, -0.2) is 9.18 Å². The molecule has 108 valence electrons. The number of aryl methyl sites for hydroxylation is 1. The number of carboxylic acid groups (broad SMARTS) is 1. The van der Waals surface area contributed by atoms with E-state index in [-0.39, 0.29) is 18.9 Å². The molecule has 0 aliphatic carbocycles. The predicted molar refractivity (Wildman–Crippen MR) is 69.0 cm³/mol. The molecule has 2 amide bonds. The van der Waals surface area contributed by atoms with Crippen molar-refractivity contribution in [2.45, 2.75) is 13.0 Å². The van der Waals surface area contributed by atoms with Crippen LogP contribution in [-0.4, -0.2) is 36.4 Å². The van der Waals surface area contributed by atoms with Crippen LogP contribution in [0, 0.1) is 18.7 Å². The summed E-state index contributed by atoms with van der Waals surface area (Å²) in [5.41, 5.74) is 0.661. The summed E-state index contributed by atoms with van der Waals surface area (Å²) in [7, 11) is 0. The molecule has 0 spiro atoms. The van der Waals surface area contributed by atoms with Crippen LogP contribution < -0.4 is 10.6 Å². The van der Waals surface area contributed by atoms with Crippen molar-refractivity contribution >= 4 is 17.7 Å². The number of benzene rings is 1. The first kappa shape index (κ1) is 14.3. The Kier molecular flexibility index (Phi) is 4.19. The average molecular weight is 282 g/mol. The van der Waals surface area contributed by atoms with Gasteiger partial charge < -0.3 is 20.5 Å². The summed E-state index contributed by atoms with van der Waals surface area (Å²) < 4.78 is 18.6. The average Bonchev–Trinajstić information content (AvgIpc) is 2.82. The Morgan fingerprint density at radius 3 is 2.80 bits per heavy atom. The van der Waals surface area contributed by atoms with Crippen molar-refractivity contribution in [3.63, 3.8) is 0 Å². The van der Waals surface area contributed by atoms with Crippen molar-refractivity contribution in [2.75, 3.05) is 18.5 Å². The summed E-state index contributed by atoms with van der Waals surface area (Å²) >= 11 is 0. The second kappa shape index (κ2) is 5.87. The molecule has 1 aliphatic rings. The number of para-hydroxylation sites is 1. The maximum atomic E-state index is 13.6. The maximum absolute atomic E-state index is 13.6. The largest absolute Gasteiger partial charge is 0.481 e. The minimum absolute atomic E-state index is 0.0546. The van der Waals surface area contributed by atoms with E-state index in [0.717, 1.165) is 0 Å². The Bertz CT molecular complexity index is 515. The van der Waals surface area contributed by atoms with Crippen LogP contribution in [0.15, 0.2) is 18.2 Å². The second-order valence-corrected chi connectivity index (χ2v) is 4.62. The van der Waals surface area contributed by atoms with Crippen LogP contribution in [0.4, 0.5) is 14.9 Å². The zero-order valence-corrected chi connectivity index (χ0v) is 10.9. The number of nitrogens with one attached hydrogen (secondary N) is 2. The summed E-state index contributed by atoms with van der Waals surface area (Å²) in [5.74, 6) is -2.37. The monoisotopic (exact) mass is 282 g/mol. The highest BCUT2D eigenvalue weighted by molar-refractivity contribution is 5.90. The minimum Gasteiger partial charge on any atom is -0.481 e. The predicted octanol–water partition coefficient (Wildman–Crippen LogP) is 1.36. The lowest BCUT2D eigenvalue weighted by molar-refractivity contribution is -0.142. The Balaban J connectivity index is 2.01. The van der Waals surface area contributed by atoms with E-state index in [4.69, 9.17) is 9.84 Å². The van der Waals surface area contributed by atoms with Crippen LogP contribution in [0.5, 0.6) is 0 Å². The Hall–Kier alpha value is -2.15. The van der Waals surface area contributed by atoms with Gasteiger partial charge in [0.15, 0.2) is 0 Å². The fourth-order valence-electron chi connectivity index (χ4n) is 2.05. The molecule has 2 atom stereocenters. The maximum Gasteiger partial charge on any atom is 0.319 e. The van der Waals surface area contributed by atoms with Crippen LogP contribution in [0.25, 0.3) is 0 Å². The number of urea groups is 1. The molecule has 1 heterocycles. The number of amides is 2. The number of hydrogen-bond acceptors (Lipinski definition) is 3. The molecule has 7 heteroatoms. The molecule has 2 rings (SSSR count). The van der Waals surface area contributed by atoms with Gasteiger partial charge in [-0.3, -0.25) is 4.79 Å². The lowest BCUT2D eigenvalue weighted by atomic mass is 10.0. The van der Waals surface area contributed by atoms with Crippen LogP contribution >= 0.6 is 0 Å². The zero-order chi connectivity index (χ0) is 14.7.